The van der Waals surface area contributed by atoms with Gasteiger partial charge in [0.1, 0.15) is 0 Å². The zero-order chi connectivity index (χ0) is 15.1. The van der Waals surface area contributed by atoms with Crippen molar-refractivity contribution in [3.05, 3.63) is 47.8 Å². The fourth-order valence-electron chi connectivity index (χ4n) is 2.35. The van der Waals surface area contributed by atoms with Crippen LogP contribution in [0.2, 0.25) is 0 Å². The van der Waals surface area contributed by atoms with Crippen LogP contribution >= 0.6 is 11.8 Å². The number of benzene rings is 1. The van der Waals surface area contributed by atoms with E-state index in [1.54, 1.807) is 0 Å². The molecule has 0 fully saturated rings. The SMILES string of the molecule is CCNC(CSc1cccc(C)c1)Cc1cnn(CC)c1. The van der Waals surface area contributed by atoms with Crippen molar-refractivity contribution >= 4 is 11.8 Å². The molecule has 1 aromatic heterocycles. The van der Waals surface area contributed by atoms with Gasteiger partial charge in [-0.2, -0.15) is 5.10 Å². The maximum absolute atomic E-state index is 4.36. The molecule has 0 aliphatic heterocycles. The highest BCUT2D eigenvalue weighted by Crippen LogP contribution is 2.20. The van der Waals surface area contributed by atoms with Crippen molar-refractivity contribution in [2.45, 2.75) is 44.7 Å². The fourth-order valence-corrected chi connectivity index (χ4v) is 3.42. The van der Waals surface area contributed by atoms with Crippen molar-refractivity contribution < 1.29 is 0 Å². The van der Waals surface area contributed by atoms with Gasteiger partial charge < -0.3 is 5.32 Å². The van der Waals surface area contributed by atoms with E-state index >= 15 is 0 Å². The molecule has 0 saturated carbocycles. The van der Waals surface area contributed by atoms with E-state index in [9.17, 15) is 0 Å². The van der Waals surface area contributed by atoms with Crippen LogP contribution in [0.25, 0.3) is 0 Å². The molecule has 21 heavy (non-hydrogen) atoms. The van der Waals surface area contributed by atoms with E-state index in [4.69, 9.17) is 0 Å². The smallest absolute Gasteiger partial charge is 0.0522 e. The van der Waals surface area contributed by atoms with Crippen LogP contribution in [-0.4, -0.2) is 28.1 Å². The molecule has 0 aliphatic carbocycles. The van der Waals surface area contributed by atoms with E-state index in [0.29, 0.717) is 6.04 Å². The first kappa shape index (κ1) is 16.1. The average molecular weight is 303 g/mol. The summed E-state index contributed by atoms with van der Waals surface area (Å²) in [5, 5.41) is 7.95. The second kappa shape index (κ2) is 8.25. The lowest BCUT2D eigenvalue weighted by Gasteiger charge is -2.16. The van der Waals surface area contributed by atoms with Gasteiger partial charge in [-0.05, 0) is 44.5 Å². The fraction of sp³-hybridized carbons (Fsp3) is 0.471. The molecule has 3 nitrogen and oxygen atoms in total. The number of thioether (sulfide) groups is 1. The van der Waals surface area contributed by atoms with Gasteiger partial charge >= 0.3 is 0 Å². The van der Waals surface area contributed by atoms with Gasteiger partial charge in [0.25, 0.3) is 0 Å². The summed E-state index contributed by atoms with van der Waals surface area (Å²) in [6.45, 7) is 8.36. The number of rotatable bonds is 8. The molecule has 1 heterocycles. The average Bonchev–Trinajstić information content (AvgIpc) is 2.93. The Balaban J connectivity index is 1.92. The quantitative estimate of drug-likeness (QED) is 0.757. The first-order chi connectivity index (χ1) is 10.2. The van der Waals surface area contributed by atoms with E-state index in [-0.39, 0.29) is 0 Å². The molecule has 4 heteroatoms. The van der Waals surface area contributed by atoms with Crippen LogP contribution in [0.15, 0.2) is 41.6 Å². The van der Waals surface area contributed by atoms with Gasteiger partial charge in [-0.3, -0.25) is 4.68 Å². The zero-order valence-electron chi connectivity index (χ0n) is 13.2. The second-order valence-electron chi connectivity index (χ2n) is 5.29. The standard InChI is InChI=1S/C17H25N3S/c1-4-18-16(10-15-11-19-20(5-2)12-15)13-21-17-8-6-7-14(3)9-17/h6-9,11-12,16,18H,4-5,10,13H2,1-3H3. The molecule has 0 saturated heterocycles. The summed E-state index contributed by atoms with van der Waals surface area (Å²) in [6, 6.07) is 9.20. The molecular formula is C17H25N3S. The van der Waals surface area contributed by atoms with Gasteiger partial charge in [0.05, 0.1) is 6.20 Å². The minimum atomic E-state index is 0.481. The highest BCUT2D eigenvalue weighted by Gasteiger charge is 2.10. The highest BCUT2D eigenvalue weighted by atomic mass is 32.2. The largest absolute Gasteiger partial charge is 0.313 e. The summed E-state index contributed by atoms with van der Waals surface area (Å²) in [5.41, 5.74) is 2.64. The van der Waals surface area contributed by atoms with Crippen LogP contribution in [0.4, 0.5) is 0 Å². The summed E-state index contributed by atoms with van der Waals surface area (Å²) < 4.78 is 1.99. The van der Waals surface area contributed by atoms with Crippen molar-refractivity contribution in [3.8, 4) is 0 Å². The normalized spacial score (nSPS) is 12.5. The molecule has 0 amide bonds. The number of hydrogen-bond acceptors (Lipinski definition) is 3. The molecule has 0 spiro atoms. The van der Waals surface area contributed by atoms with Gasteiger partial charge in [-0.1, -0.05) is 24.6 Å². The molecule has 1 N–H and O–H groups in total. The maximum atomic E-state index is 4.36. The lowest BCUT2D eigenvalue weighted by Crippen LogP contribution is -2.33. The Morgan fingerprint density at radius 2 is 2.19 bits per heavy atom. The Kier molecular flexibility index (Phi) is 6.33. The Bertz CT molecular complexity index is 550. The molecule has 0 aliphatic rings. The number of aryl methyl sites for hydroxylation is 2. The van der Waals surface area contributed by atoms with Crippen molar-refractivity contribution in [2.75, 3.05) is 12.3 Å². The minimum Gasteiger partial charge on any atom is -0.313 e. The summed E-state index contributed by atoms with van der Waals surface area (Å²) >= 11 is 1.92. The molecule has 1 atom stereocenters. The molecule has 1 unspecified atom stereocenters. The van der Waals surface area contributed by atoms with E-state index in [1.807, 2.05) is 22.6 Å². The minimum absolute atomic E-state index is 0.481. The van der Waals surface area contributed by atoms with Gasteiger partial charge in [-0.15, -0.1) is 11.8 Å². The summed E-state index contributed by atoms with van der Waals surface area (Å²) in [4.78, 5) is 1.35. The Morgan fingerprint density at radius 1 is 1.33 bits per heavy atom. The van der Waals surface area contributed by atoms with E-state index in [2.05, 4.69) is 61.6 Å². The number of nitrogens with zero attached hydrogens (tertiary/aromatic N) is 2. The van der Waals surface area contributed by atoms with Gasteiger partial charge in [0.2, 0.25) is 0 Å². The van der Waals surface area contributed by atoms with Crippen molar-refractivity contribution in [1.82, 2.24) is 15.1 Å². The summed E-state index contributed by atoms with van der Waals surface area (Å²) in [6.07, 6.45) is 5.18. The Hall–Kier alpha value is -1.26. The van der Waals surface area contributed by atoms with Crippen LogP contribution in [0.1, 0.15) is 25.0 Å². The lowest BCUT2D eigenvalue weighted by atomic mass is 10.1. The highest BCUT2D eigenvalue weighted by molar-refractivity contribution is 7.99. The van der Waals surface area contributed by atoms with Crippen LogP contribution in [0.3, 0.4) is 0 Å². The topological polar surface area (TPSA) is 29.9 Å². The van der Waals surface area contributed by atoms with Gasteiger partial charge in [0.15, 0.2) is 0 Å². The molecule has 0 bridgehead atoms. The molecule has 1 aromatic carbocycles. The third-order valence-corrected chi connectivity index (χ3v) is 4.58. The Morgan fingerprint density at radius 3 is 2.86 bits per heavy atom. The number of likely N-dealkylation sites (N-methyl/N-ethyl adjacent to an activating group) is 1. The van der Waals surface area contributed by atoms with E-state index < -0.39 is 0 Å². The van der Waals surface area contributed by atoms with Gasteiger partial charge in [-0.25, -0.2) is 0 Å². The number of aromatic nitrogens is 2. The predicted molar refractivity (Wildman–Crippen MR) is 91.0 cm³/mol. The van der Waals surface area contributed by atoms with Crippen LogP contribution in [0, 0.1) is 6.92 Å². The van der Waals surface area contributed by atoms with Crippen molar-refractivity contribution in [2.24, 2.45) is 0 Å². The third-order valence-electron chi connectivity index (χ3n) is 3.43. The molecular weight excluding hydrogens is 278 g/mol. The molecule has 0 radical (unpaired) electrons. The third kappa shape index (κ3) is 5.21. The van der Waals surface area contributed by atoms with E-state index in [0.717, 1.165) is 25.3 Å². The Labute approximate surface area is 132 Å². The number of nitrogens with one attached hydrogen (secondary N) is 1. The van der Waals surface area contributed by atoms with Crippen LogP contribution in [0.5, 0.6) is 0 Å². The lowest BCUT2D eigenvalue weighted by molar-refractivity contribution is 0.572. The van der Waals surface area contributed by atoms with Crippen molar-refractivity contribution in [1.29, 1.82) is 0 Å². The first-order valence-electron chi connectivity index (χ1n) is 7.65. The van der Waals surface area contributed by atoms with E-state index in [1.165, 1.54) is 16.0 Å². The second-order valence-corrected chi connectivity index (χ2v) is 6.38. The molecule has 114 valence electrons. The van der Waals surface area contributed by atoms with Crippen LogP contribution < -0.4 is 5.32 Å². The maximum Gasteiger partial charge on any atom is 0.0522 e. The molecule has 2 aromatic rings. The summed E-state index contributed by atoms with van der Waals surface area (Å²) in [7, 11) is 0. The first-order valence-corrected chi connectivity index (χ1v) is 8.64. The number of hydrogen-bond donors (Lipinski definition) is 1. The van der Waals surface area contributed by atoms with Crippen molar-refractivity contribution in [3.63, 3.8) is 0 Å². The summed E-state index contributed by atoms with van der Waals surface area (Å²) in [5.74, 6) is 1.08. The molecule has 2 rings (SSSR count). The van der Waals surface area contributed by atoms with Gasteiger partial charge in [0, 0.05) is 29.4 Å². The van der Waals surface area contributed by atoms with Crippen LogP contribution in [-0.2, 0) is 13.0 Å². The zero-order valence-corrected chi connectivity index (χ0v) is 14.0. The monoisotopic (exact) mass is 303 g/mol. The predicted octanol–water partition coefficient (Wildman–Crippen LogP) is 3.52.